The van der Waals surface area contributed by atoms with E-state index >= 15 is 0 Å². The van der Waals surface area contributed by atoms with Crippen LogP contribution < -0.4 is 0 Å². The monoisotopic (exact) mass is 307 g/mol. The van der Waals surface area contributed by atoms with Crippen molar-refractivity contribution in [2.24, 2.45) is 0 Å². The van der Waals surface area contributed by atoms with Gasteiger partial charge in [0.25, 0.3) is 0 Å². The summed E-state index contributed by atoms with van der Waals surface area (Å²) in [6.45, 7) is 3.80. The SMILES string of the molecule is Cc1ccc(C(C)N(C)S(=O)(=O)c2ccc(F)cc2)cc1. The van der Waals surface area contributed by atoms with Gasteiger partial charge in [-0.15, -0.1) is 0 Å². The van der Waals surface area contributed by atoms with Crippen LogP contribution in [0.5, 0.6) is 0 Å². The lowest BCUT2D eigenvalue weighted by molar-refractivity contribution is 0.398. The Bertz CT molecular complexity index is 709. The maximum absolute atomic E-state index is 12.9. The van der Waals surface area contributed by atoms with Crippen molar-refractivity contribution < 1.29 is 12.8 Å². The smallest absolute Gasteiger partial charge is 0.207 e. The molecular formula is C16H18FNO2S. The molecule has 112 valence electrons. The van der Waals surface area contributed by atoms with Crippen LogP contribution in [0, 0.1) is 12.7 Å². The number of benzene rings is 2. The number of hydrogen-bond donors (Lipinski definition) is 0. The predicted molar refractivity (Wildman–Crippen MR) is 80.9 cm³/mol. The van der Waals surface area contributed by atoms with Crippen molar-refractivity contribution in [1.29, 1.82) is 0 Å². The summed E-state index contributed by atoms with van der Waals surface area (Å²) in [4.78, 5) is 0.0883. The van der Waals surface area contributed by atoms with Gasteiger partial charge in [-0.2, -0.15) is 4.31 Å². The first-order valence-corrected chi connectivity index (χ1v) is 8.06. The molecule has 0 heterocycles. The van der Waals surface area contributed by atoms with Crippen LogP contribution in [0.25, 0.3) is 0 Å². The third-order valence-electron chi connectivity index (χ3n) is 3.60. The van der Waals surface area contributed by atoms with Gasteiger partial charge in [-0.3, -0.25) is 0 Å². The van der Waals surface area contributed by atoms with E-state index in [1.807, 2.05) is 38.1 Å². The zero-order valence-electron chi connectivity index (χ0n) is 12.2. The second kappa shape index (κ2) is 5.95. The Morgan fingerprint density at radius 1 is 1.00 bits per heavy atom. The highest BCUT2D eigenvalue weighted by atomic mass is 32.2. The van der Waals surface area contributed by atoms with E-state index in [0.29, 0.717) is 0 Å². The summed E-state index contributed by atoms with van der Waals surface area (Å²) in [5.41, 5.74) is 2.03. The first-order valence-electron chi connectivity index (χ1n) is 6.62. The van der Waals surface area contributed by atoms with Crippen molar-refractivity contribution in [3.05, 3.63) is 65.5 Å². The summed E-state index contributed by atoms with van der Waals surface area (Å²) in [5, 5.41) is 0. The van der Waals surface area contributed by atoms with Gasteiger partial charge >= 0.3 is 0 Å². The van der Waals surface area contributed by atoms with Gasteiger partial charge < -0.3 is 0 Å². The molecule has 2 aromatic rings. The Balaban J connectivity index is 2.31. The highest BCUT2D eigenvalue weighted by molar-refractivity contribution is 7.89. The normalized spacial score (nSPS) is 13.4. The minimum atomic E-state index is -3.65. The van der Waals surface area contributed by atoms with E-state index in [1.165, 1.54) is 23.5 Å². The van der Waals surface area contributed by atoms with Gasteiger partial charge in [0.05, 0.1) is 4.90 Å². The minimum absolute atomic E-state index is 0.0883. The van der Waals surface area contributed by atoms with Crippen LogP contribution in [-0.2, 0) is 10.0 Å². The largest absolute Gasteiger partial charge is 0.243 e. The van der Waals surface area contributed by atoms with Gasteiger partial charge in [0.15, 0.2) is 0 Å². The Kier molecular flexibility index (Phi) is 4.44. The fourth-order valence-corrected chi connectivity index (χ4v) is 3.39. The third kappa shape index (κ3) is 3.31. The highest BCUT2D eigenvalue weighted by Crippen LogP contribution is 2.25. The predicted octanol–water partition coefficient (Wildman–Crippen LogP) is 3.52. The molecule has 0 bridgehead atoms. The van der Waals surface area contributed by atoms with Crippen molar-refractivity contribution in [2.75, 3.05) is 7.05 Å². The molecule has 0 aliphatic heterocycles. The van der Waals surface area contributed by atoms with Crippen molar-refractivity contribution in [3.8, 4) is 0 Å². The van der Waals surface area contributed by atoms with Gasteiger partial charge in [0.2, 0.25) is 10.0 Å². The lowest BCUT2D eigenvalue weighted by atomic mass is 10.1. The van der Waals surface area contributed by atoms with Gasteiger partial charge in [0, 0.05) is 13.1 Å². The lowest BCUT2D eigenvalue weighted by Gasteiger charge is -2.24. The topological polar surface area (TPSA) is 37.4 Å². The molecule has 0 radical (unpaired) electrons. The summed E-state index contributed by atoms with van der Waals surface area (Å²) in [7, 11) is -2.12. The lowest BCUT2D eigenvalue weighted by Crippen LogP contribution is -2.29. The summed E-state index contributed by atoms with van der Waals surface area (Å²) in [6.07, 6.45) is 0. The van der Waals surface area contributed by atoms with E-state index in [-0.39, 0.29) is 10.9 Å². The van der Waals surface area contributed by atoms with Gasteiger partial charge in [-0.1, -0.05) is 29.8 Å². The molecule has 0 aliphatic rings. The molecule has 0 fully saturated rings. The van der Waals surface area contributed by atoms with E-state index in [0.717, 1.165) is 23.3 Å². The molecule has 21 heavy (non-hydrogen) atoms. The number of nitrogens with zero attached hydrogens (tertiary/aromatic N) is 1. The fraction of sp³-hybridized carbons (Fsp3) is 0.250. The fourth-order valence-electron chi connectivity index (χ4n) is 2.04. The highest BCUT2D eigenvalue weighted by Gasteiger charge is 2.26. The molecule has 3 nitrogen and oxygen atoms in total. The Labute approximate surface area is 125 Å². The number of sulfonamides is 1. The molecule has 0 amide bonds. The zero-order valence-corrected chi connectivity index (χ0v) is 13.1. The second-order valence-corrected chi connectivity index (χ2v) is 7.06. The molecule has 0 aromatic heterocycles. The molecule has 0 spiro atoms. The summed E-state index contributed by atoms with van der Waals surface area (Å²) >= 11 is 0. The minimum Gasteiger partial charge on any atom is -0.207 e. The quantitative estimate of drug-likeness (QED) is 0.866. The Hall–Kier alpha value is -1.72. The Morgan fingerprint density at radius 2 is 1.52 bits per heavy atom. The van der Waals surface area contributed by atoms with E-state index < -0.39 is 15.8 Å². The summed E-state index contributed by atoms with van der Waals surface area (Å²) in [6, 6.07) is 12.3. The van der Waals surface area contributed by atoms with E-state index in [9.17, 15) is 12.8 Å². The molecular weight excluding hydrogens is 289 g/mol. The van der Waals surface area contributed by atoms with Gasteiger partial charge in [0.1, 0.15) is 5.82 Å². The molecule has 0 N–H and O–H groups in total. The average molecular weight is 307 g/mol. The van der Waals surface area contributed by atoms with Crippen molar-refractivity contribution >= 4 is 10.0 Å². The molecule has 2 rings (SSSR count). The summed E-state index contributed by atoms with van der Waals surface area (Å²) < 4.78 is 39.3. The molecule has 1 unspecified atom stereocenters. The van der Waals surface area contributed by atoms with Crippen LogP contribution in [0.4, 0.5) is 4.39 Å². The van der Waals surface area contributed by atoms with Crippen molar-refractivity contribution in [3.63, 3.8) is 0 Å². The van der Waals surface area contributed by atoms with Crippen LogP contribution in [-0.4, -0.2) is 19.8 Å². The van der Waals surface area contributed by atoms with Crippen LogP contribution in [0.2, 0.25) is 0 Å². The Morgan fingerprint density at radius 3 is 2.05 bits per heavy atom. The first kappa shape index (κ1) is 15.7. The molecule has 0 aliphatic carbocycles. The standard InChI is InChI=1S/C16H18FNO2S/c1-12-4-6-14(7-5-12)13(2)18(3)21(19,20)16-10-8-15(17)9-11-16/h4-11,13H,1-3H3. The van der Waals surface area contributed by atoms with E-state index in [1.54, 1.807) is 0 Å². The molecule has 2 aromatic carbocycles. The van der Waals surface area contributed by atoms with Crippen molar-refractivity contribution in [2.45, 2.75) is 24.8 Å². The van der Waals surface area contributed by atoms with Crippen LogP contribution in [0.15, 0.2) is 53.4 Å². The maximum Gasteiger partial charge on any atom is 0.243 e. The maximum atomic E-state index is 12.9. The van der Waals surface area contributed by atoms with Crippen molar-refractivity contribution in [1.82, 2.24) is 4.31 Å². The second-order valence-electron chi connectivity index (χ2n) is 5.06. The average Bonchev–Trinajstić information content (AvgIpc) is 2.47. The molecule has 0 saturated heterocycles. The van der Waals surface area contributed by atoms with Gasteiger partial charge in [-0.05, 0) is 43.7 Å². The molecule has 5 heteroatoms. The first-order chi connectivity index (χ1) is 9.82. The van der Waals surface area contributed by atoms with Crippen LogP contribution >= 0.6 is 0 Å². The van der Waals surface area contributed by atoms with E-state index in [2.05, 4.69) is 0 Å². The molecule has 0 saturated carbocycles. The molecule has 1 atom stereocenters. The summed E-state index contributed by atoms with van der Waals surface area (Å²) in [5.74, 6) is -0.455. The third-order valence-corrected chi connectivity index (χ3v) is 5.54. The number of aryl methyl sites for hydroxylation is 1. The van der Waals surface area contributed by atoms with Crippen LogP contribution in [0.3, 0.4) is 0 Å². The van der Waals surface area contributed by atoms with Crippen LogP contribution in [0.1, 0.15) is 24.1 Å². The number of hydrogen-bond acceptors (Lipinski definition) is 2. The number of rotatable bonds is 4. The van der Waals surface area contributed by atoms with Gasteiger partial charge in [-0.25, -0.2) is 12.8 Å². The zero-order chi connectivity index (χ0) is 15.6. The van der Waals surface area contributed by atoms with E-state index in [4.69, 9.17) is 0 Å². The number of halogens is 1.